The van der Waals surface area contributed by atoms with E-state index in [2.05, 4.69) is 4.99 Å². The average Bonchev–Trinajstić information content (AvgIpc) is 3.02. The summed E-state index contributed by atoms with van der Waals surface area (Å²) < 4.78 is 10.9. The summed E-state index contributed by atoms with van der Waals surface area (Å²) in [6.45, 7) is 2.52. The number of esters is 1. The second-order valence-corrected chi connectivity index (χ2v) is 5.87. The summed E-state index contributed by atoms with van der Waals surface area (Å²) in [5, 5.41) is 2.08. The van der Waals surface area contributed by atoms with Crippen LogP contribution in [0.2, 0.25) is 0 Å². The molecule has 0 amide bonds. The van der Waals surface area contributed by atoms with Gasteiger partial charge in [-0.3, -0.25) is 0 Å². The molecule has 1 heterocycles. The van der Waals surface area contributed by atoms with E-state index in [0.717, 1.165) is 27.6 Å². The van der Waals surface area contributed by atoms with Crippen LogP contribution in [0.4, 0.5) is 0 Å². The Morgan fingerprint density at radius 3 is 2.73 bits per heavy atom. The van der Waals surface area contributed by atoms with Gasteiger partial charge in [0.15, 0.2) is 5.70 Å². The van der Waals surface area contributed by atoms with Crippen molar-refractivity contribution in [2.24, 2.45) is 4.99 Å². The van der Waals surface area contributed by atoms with Crippen molar-refractivity contribution in [3.63, 3.8) is 0 Å². The zero-order valence-electron chi connectivity index (χ0n) is 14.3. The number of ether oxygens (including phenoxy) is 2. The molecular formula is C22H17NO3. The second-order valence-electron chi connectivity index (χ2n) is 5.87. The monoisotopic (exact) mass is 343 g/mol. The molecule has 0 saturated heterocycles. The van der Waals surface area contributed by atoms with Gasteiger partial charge in [0, 0.05) is 5.56 Å². The Morgan fingerprint density at radius 2 is 1.85 bits per heavy atom. The molecule has 1 aliphatic heterocycles. The largest absolute Gasteiger partial charge is 0.494 e. The molecule has 0 aromatic heterocycles. The van der Waals surface area contributed by atoms with Crippen LogP contribution in [0.25, 0.3) is 16.8 Å². The van der Waals surface area contributed by atoms with E-state index in [4.69, 9.17) is 9.47 Å². The maximum absolute atomic E-state index is 12.3. The van der Waals surface area contributed by atoms with Crippen LogP contribution in [0, 0.1) is 0 Å². The quantitative estimate of drug-likeness (QED) is 0.514. The van der Waals surface area contributed by atoms with Gasteiger partial charge in [-0.25, -0.2) is 9.79 Å². The first-order valence-electron chi connectivity index (χ1n) is 8.48. The Labute approximate surface area is 151 Å². The van der Waals surface area contributed by atoms with Gasteiger partial charge in [-0.2, -0.15) is 0 Å². The molecule has 0 radical (unpaired) electrons. The van der Waals surface area contributed by atoms with Gasteiger partial charge in [0.25, 0.3) is 0 Å². The van der Waals surface area contributed by atoms with Gasteiger partial charge >= 0.3 is 5.97 Å². The molecule has 0 atom stereocenters. The third-order valence-corrected chi connectivity index (χ3v) is 4.11. The number of benzene rings is 3. The molecule has 26 heavy (non-hydrogen) atoms. The first-order valence-corrected chi connectivity index (χ1v) is 8.48. The van der Waals surface area contributed by atoms with Crippen LogP contribution in [-0.4, -0.2) is 18.5 Å². The Morgan fingerprint density at radius 1 is 1.04 bits per heavy atom. The van der Waals surface area contributed by atoms with E-state index in [1.165, 1.54) is 0 Å². The molecule has 0 fully saturated rings. The molecule has 4 nitrogen and oxygen atoms in total. The zero-order valence-corrected chi connectivity index (χ0v) is 14.3. The fraction of sp³-hybridized carbons (Fsp3) is 0.0909. The van der Waals surface area contributed by atoms with Crippen LogP contribution in [-0.2, 0) is 9.53 Å². The molecule has 0 spiro atoms. The van der Waals surface area contributed by atoms with E-state index in [1.54, 1.807) is 6.08 Å². The van der Waals surface area contributed by atoms with Crippen molar-refractivity contribution in [3.05, 3.63) is 83.6 Å². The predicted molar refractivity (Wildman–Crippen MR) is 102 cm³/mol. The van der Waals surface area contributed by atoms with Crippen molar-refractivity contribution in [3.8, 4) is 5.75 Å². The maximum Gasteiger partial charge on any atom is 0.363 e. The smallest absolute Gasteiger partial charge is 0.363 e. The van der Waals surface area contributed by atoms with Crippen LogP contribution in [0.1, 0.15) is 18.1 Å². The van der Waals surface area contributed by atoms with E-state index < -0.39 is 5.97 Å². The predicted octanol–water partition coefficient (Wildman–Crippen LogP) is 4.58. The van der Waals surface area contributed by atoms with Gasteiger partial charge in [0.2, 0.25) is 5.90 Å². The highest BCUT2D eigenvalue weighted by Crippen LogP contribution is 2.25. The number of cyclic esters (lactones) is 1. The van der Waals surface area contributed by atoms with E-state index in [9.17, 15) is 4.79 Å². The van der Waals surface area contributed by atoms with Crippen molar-refractivity contribution < 1.29 is 14.3 Å². The normalized spacial score (nSPS) is 15.2. The molecule has 0 bridgehead atoms. The van der Waals surface area contributed by atoms with Crippen molar-refractivity contribution >= 4 is 28.7 Å². The summed E-state index contributed by atoms with van der Waals surface area (Å²) in [6, 6.07) is 21.3. The Hall–Kier alpha value is -3.40. The van der Waals surface area contributed by atoms with Crippen LogP contribution in [0.5, 0.6) is 5.75 Å². The third-order valence-electron chi connectivity index (χ3n) is 4.11. The number of hydrogen-bond donors (Lipinski definition) is 0. The van der Waals surface area contributed by atoms with Crippen LogP contribution in [0.15, 0.2) is 77.4 Å². The van der Waals surface area contributed by atoms with Crippen LogP contribution < -0.4 is 4.74 Å². The number of carbonyl (C=O) groups is 1. The highest BCUT2D eigenvalue weighted by molar-refractivity contribution is 6.17. The van der Waals surface area contributed by atoms with Gasteiger partial charge in [-0.15, -0.1) is 0 Å². The lowest BCUT2D eigenvalue weighted by atomic mass is 10.0. The summed E-state index contributed by atoms with van der Waals surface area (Å²) in [5.74, 6) is 0.639. The highest BCUT2D eigenvalue weighted by atomic mass is 16.6. The van der Waals surface area contributed by atoms with Gasteiger partial charge in [-0.05, 0) is 47.5 Å². The van der Waals surface area contributed by atoms with E-state index in [-0.39, 0.29) is 5.70 Å². The number of carbonyl (C=O) groups excluding carboxylic acids is 1. The SMILES string of the molecule is CCOc1cccc(C=C2N=C(c3cccc4ccccc34)OC2=O)c1. The molecule has 0 aliphatic carbocycles. The fourth-order valence-corrected chi connectivity index (χ4v) is 2.95. The number of fused-ring (bicyclic) bond motifs is 1. The minimum absolute atomic E-state index is 0.279. The minimum Gasteiger partial charge on any atom is -0.494 e. The Bertz CT molecular complexity index is 1040. The molecule has 3 aromatic rings. The first kappa shape index (κ1) is 16.1. The lowest BCUT2D eigenvalue weighted by Crippen LogP contribution is -2.05. The van der Waals surface area contributed by atoms with E-state index >= 15 is 0 Å². The lowest BCUT2D eigenvalue weighted by Gasteiger charge is -2.04. The van der Waals surface area contributed by atoms with Crippen molar-refractivity contribution in [2.75, 3.05) is 6.61 Å². The van der Waals surface area contributed by atoms with Gasteiger partial charge in [0.05, 0.1) is 6.61 Å². The second kappa shape index (κ2) is 6.84. The van der Waals surface area contributed by atoms with E-state index in [1.807, 2.05) is 73.7 Å². The summed E-state index contributed by atoms with van der Waals surface area (Å²) in [4.78, 5) is 16.7. The Balaban J connectivity index is 1.72. The van der Waals surface area contributed by atoms with Crippen molar-refractivity contribution in [2.45, 2.75) is 6.92 Å². The number of aliphatic imine (C=N–C) groups is 1. The Kier molecular flexibility index (Phi) is 4.23. The summed E-state index contributed by atoms with van der Waals surface area (Å²) in [5.41, 5.74) is 1.93. The first-order chi connectivity index (χ1) is 12.7. The molecule has 3 aromatic carbocycles. The zero-order chi connectivity index (χ0) is 17.9. The highest BCUT2D eigenvalue weighted by Gasteiger charge is 2.25. The summed E-state index contributed by atoms with van der Waals surface area (Å²) in [6.07, 6.45) is 1.71. The number of hydrogen-bond acceptors (Lipinski definition) is 4. The topological polar surface area (TPSA) is 47.9 Å². The number of rotatable bonds is 4. The molecule has 0 N–H and O–H groups in total. The van der Waals surface area contributed by atoms with Crippen LogP contribution >= 0.6 is 0 Å². The van der Waals surface area contributed by atoms with Gasteiger partial charge in [-0.1, -0.05) is 48.5 Å². The molecule has 4 heteroatoms. The maximum atomic E-state index is 12.3. The summed E-state index contributed by atoms with van der Waals surface area (Å²) >= 11 is 0. The minimum atomic E-state index is -0.449. The third kappa shape index (κ3) is 3.09. The van der Waals surface area contributed by atoms with Crippen molar-refractivity contribution in [1.29, 1.82) is 0 Å². The molecule has 128 valence electrons. The molecule has 0 saturated carbocycles. The summed E-state index contributed by atoms with van der Waals surface area (Å²) in [7, 11) is 0. The van der Waals surface area contributed by atoms with E-state index in [0.29, 0.717) is 12.5 Å². The standard InChI is InChI=1S/C22H17NO3/c1-2-25-17-10-5-7-15(13-17)14-20-22(24)26-21(23-20)19-12-6-9-16-8-3-4-11-18(16)19/h3-14H,2H2,1H3. The molecule has 1 aliphatic rings. The van der Waals surface area contributed by atoms with Gasteiger partial charge in [0.1, 0.15) is 5.75 Å². The molecule has 4 rings (SSSR count). The lowest BCUT2D eigenvalue weighted by molar-refractivity contribution is -0.129. The van der Waals surface area contributed by atoms with Crippen LogP contribution in [0.3, 0.4) is 0 Å². The molecular weight excluding hydrogens is 326 g/mol. The number of nitrogens with zero attached hydrogens (tertiary/aromatic N) is 1. The van der Waals surface area contributed by atoms with Gasteiger partial charge < -0.3 is 9.47 Å². The average molecular weight is 343 g/mol. The fourth-order valence-electron chi connectivity index (χ4n) is 2.95. The van der Waals surface area contributed by atoms with Crippen molar-refractivity contribution in [1.82, 2.24) is 0 Å². The molecule has 0 unspecified atom stereocenters.